The van der Waals surface area contributed by atoms with E-state index >= 15 is 0 Å². The van der Waals surface area contributed by atoms with Crippen LogP contribution in [0, 0.1) is 0 Å². The molecule has 0 amide bonds. The number of carbonyl (C=O) groups is 1. The van der Waals surface area contributed by atoms with Gasteiger partial charge < -0.3 is 4.74 Å². The molecule has 0 N–H and O–H groups in total. The van der Waals surface area contributed by atoms with Gasteiger partial charge in [-0.25, -0.2) is 0 Å². The molecular weight excluding hydrogens is 132 g/mol. The van der Waals surface area contributed by atoms with Gasteiger partial charge >= 0.3 is 0 Å². The molecule has 0 fully saturated rings. The predicted octanol–water partition coefficient (Wildman–Crippen LogP) is 0.737. The van der Waals surface area contributed by atoms with Crippen molar-refractivity contribution in [1.29, 1.82) is 0 Å². The lowest BCUT2D eigenvalue weighted by Gasteiger charge is -1.90. The monoisotopic (exact) mass is 138 g/mol. The van der Waals surface area contributed by atoms with Gasteiger partial charge in [-0.1, -0.05) is 10.8 Å². The van der Waals surface area contributed by atoms with Gasteiger partial charge in [-0.3, -0.25) is 4.79 Å². The van der Waals surface area contributed by atoms with E-state index < -0.39 is 0 Å². The molecule has 0 bridgehead atoms. The van der Waals surface area contributed by atoms with Gasteiger partial charge in [0.25, 0.3) is 6.47 Å². The van der Waals surface area contributed by atoms with Gasteiger partial charge in [0.15, 0.2) is 0 Å². The Morgan fingerprint density at radius 1 is 1.86 bits per heavy atom. The zero-order valence-electron chi connectivity index (χ0n) is 3.66. The third-order valence-corrected chi connectivity index (χ3v) is 1.26. The molecule has 4 heteroatoms. The maximum absolute atomic E-state index is 9.42. The van der Waals surface area contributed by atoms with Crippen LogP contribution >= 0.6 is 22.5 Å². The first-order valence-electron chi connectivity index (χ1n) is 1.73. The number of rotatable bonds is 4. The molecule has 0 aromatic heterocycles. The van der Waals surface area contributed by atoms with Crippen molar-refractivity contribution in [3.05, 3.63) is 0 Å². The lowest BCUT2D eigenvalue weighted by molar-refractivity contribution is -0.128. The molecule has 0 spiro atoms. The van der Waals surface area contributed by atoms with Crippen LogP contribution in [0.1, 0.15) is 0 Å². The van der Waals surface area contributed by atoms with Gasteiger partial charge in [-0.05, 0) is 0 Å². The van der Waals surface area contributed by atoms with Crippen LogP contribution in [0.15, 0.2) is 0 Å². The molecule has 0 aromatic rings. The van der Waals surface area contributed by atoms with Crippen LogP contribution in [-0.4, -0.2) is 18.8 Å². The predicted molar refractivity (Wildman–Crippen MR) is 33.5 cm³/mol. The van der Waals surface area contributed by atoms with Crippen molar-refractivity contribution >= 4 is 28.9 Å². The van der Waals surface area contributed by atoms with Crippen molar-refractivity contribution in [2.45, 2.75) is 0 Å². The summed E-state index contributed by atoms with van der Waals surface area (Å²) in [6, 6.07) is 0. The van der Waals surface area contributed by atoms with E-state index in [0.717, 1.165) is 5.75 Å². The third kappa shape index (κ3) is 6.17. The zero-order chi connectivity index (χ0) is 5.54. The van der Waals surface area contributed by atoms with Gasteiger partial charge in [0.1, 0.15) is 6.61 Å². The van der Waals surface area contributed by atoms with Crippen molar-refractivity contribution in [1.82, 2.24) is 0 Å². The molecule has 0 aliphatic heterocycles. The SMILES string of the molecule is O=COCCSS. The molecule has 0 rings (SSSR count). The summed E-state index contributed by atoms with van der Waals surface area (Å²) < 4.78 is 4.32. The van der Waals surface area contributed by atoms with Crippen molar-refractivity contribution in [2.75, 3.05) is 12.4 Å². The molecule has 2 nitrogen and oxygen atoms in total. The molecule has 42 valence electrons. The summed E-state index contributed by atoms with van der Waals surface area (Å²) in [6.45, 7) is 0.891. The van der Waals surface area contributed by atoms with Crippen LogP contribution in [0.3, 0.4) is 0 Å². The Labute approximate surface area is 51.4 Å². The van der Waals surface area contributed by atoms with E-state index in [1.54, 1.807) is 0 Å². The summed E-state index contributed by atoms with van der Waals surface area (Å²) in [7, 11) is 1.35. The van der Waals surface area contributed by atoms with Crippen molar-refractivity contribution < 1.29 is 9.53 Å². The highest BCUT2D eigenvalue weighted by molar-refractivity contribution is 8.68. The summed E-state index contributed by atoms with van der Waals surface area (Å²) >= 11 is 3.81. The van der Waals surface area contributed by atoms with Gasteiger partial charge in [0.2, 0.25) is 0 Å². The highest BCUT2D eigenvalue weighted by Gasteiger charge is 1.79. The Morgan fingerprint density at radius 3 is 3.00 bits per heavy atom. The Morgan fingerprint density at radius 2 is 2.57 bits per heavy atom. The largest absolute Gasteiger partial charge is 0.467 e. The first-order valence-corrected chi connectivity index (χ1v) is 3.77. The third-order valence-electron chi connectivity index (χ3n) is 0.361. The second-order valence-electron chi connectivity index (χ2n) is 0.800. The topological polar surface area (TPSA) is 26.3 Å². The number of ether oxygens (including phenoxy) is 1. The Hall–Kier alpha value is 0.170. The van der Waals surface area contributed by atoms with E-state index in [9.17, 15) is 4.79 Å². The molecule has 0 heterocycles. The van der Waals surface area contributed by atoms with Crippen LogP contribution in [0.25, 0.3) is 0 Å². The fourth-order valence-electron chi connectivity index (χ4n) is 0.133. The Kier molecular flexibility index (Phi) is 6.32. The Bertz CT molecular complexity index is 48.2. The van der Waals surface area contributed by atoms with Crippen LogP contribution in [0.5, 0.6) is 0 Å². The molecule has 0 saturated carbocycles. The summed E-state index contributed by atoms with van der Waals surface area (Å²) in [5, 5.41) is 0. The second kappa shape index (κ2) is 6.17. The van der Waals surface area contributed by atoms with E-state index in [1.165, 1.54) is 10.8 Å². The fourth-order valence-corrected chi connectivity index (χ4v) is 0.528. The molecule has 0 aliphatic rings. The average molecular weight is 138 g/mol. The van der Waals surface area contributed by atoms with Gasteiger partial charge in [0.05, 0.1) is 0 Å². The smallest absolute Gasteiger partial charge is 0.293 e. The van der Waals surface area contributed by atoms with E-state index in [1.807, 2.05) is 0 Å². The number of hydrogen-bond acceptors (Lipinski definition) is 4. The molecule has 0 aromatic carbocycles. The fraction of sp³-hybridized carbons (Fsp3) is 0.667. The maximum Gasteiger partial charge on any atom is 0.293 e. The van der Waals surface area contributed by atoms with E-state index in [0.29, 0.717) is 13.1 Å². The van der Waals surface area contributed by atoms with Crippen LogP contribution in [0.4, 0.5) is 0 Å². The normalized spacial score (nSPS) is 8.14. The van der Waals surface area contributed by atoms with Crippen molar-refractivity contribution in [3.8, 4) is 0 Å². The van der Waals surface area contributed by atoms with Crippen LogP contribution in [-0.2, 0) is 9.53 Å². The van der Waals surface area contributed by atoms with Crippen molar-refractivity contribution in [3.63, 3.8) is 0 Å². The summed E-state index contributed by atoms with van der Waals surface area (Å²) in [6.07, 6.45) is 0. The number of hydrogen-bond donors (Lipinski definition) is 1. The molecule has 0 atom stereocenters. The minimum atomic E-state index is 0.435. The summed E-state index contributed by atoms with van der Waals surface area (Å²) in [5.74, 6) is 0.752. The lowest BCUT2D eigenvalue weighted by atomic mass is 10.9. The molecule has 0 radical (unpaired) electrons. The average Bonchev–Trinajstić information content (AvgIpc) is 1.69. The molecule has 7 heavy (non-hydrogen) atoms. The standard InChI is InChI=1S/C3H6O2S2/c4-3-5-1-2-7-6/h3,6H,1-2H2. The summed E-state index contributed by atoms with van der Waals surface area (Å²) in [5.41, 5.74) is 0. The highest BCUT2D eigenvalue weighted by Crippen LogP contribution is 2.01. The molecule has 0 aliphatic carbocycles. The van der Waals surface area contributed by atoms with Gasteiger partial charge in [-0.2, -0.15) is 0 Å². The minimum absolute atomic E-state index is 0.435. The number of thiol groups is 1. The first kappa shape index (κ1) is 7.17. The lowest BCUT2D eigenvalue weighted by Crippen LogP contribution is -1.91. The highest BCUT2D eigenvalue weighted by atomic mass is 33.1. The zero-order valence-corrected chi connectivity index (χ0v) is 5.37. The number of carbonyl (C=O) groups excluding carboxylic acids is 1. The van der Waals surface area contributed by atoms with E-state index in [-0.39, 0.29) is 0 Å². The minimum Gasteiger partial charge on any atom is -0.467 e. The van der Waals surface area contributed by atoms with Gasteiger partial charge in [-0.15, -0.1) is 11.7 Å². The first-order chi connectivity index (χ1) is 3.41. The maximum atomic E-state index is 9.42. The van der Waals surface area contributed by atoms with Crippen LogP contribution in [0.2, 0.25) is 0 Å². The molecular formula is C3H6O2S2. The Balaban J connectivity index is 2.56. The van der Waals surface area contributed by atoms with Gasteiger partial charge in [0, 0.05) is 5.75 Å². The molecule has 0 unspecified atom stereocenters. The quantitative estimate of drug-likeness (QED) is 0.268. The molecule has 0 saturated heterocycles. The summed E-state index contributed by atoms with van der Waals surface area (Å²) in [4.78, 5) is 9.42. The van der Waals surface area contributed by atoms with E-state index in [2.05, 4.69) is 16.4 Å². The second-order valence-corrected chi connectivity index (χ2v) is 2.24. The van der Waals surface area contributed by atoms with Crippen LogP contribution < -0.4 is 0 Å². The van der Waals surface area contributed by atoms with E-state index in [4.69, 9.17) is 0 Å². The van der Waals surface area contributed by atoms with Crippen molar-refractivity contribution in [2.24, 2.45) is 0 Å².